The van der Waals surface area contributed by atoms with Gasteiger partial charge in [0, 0.05) is 29.4 Å². The summed E-state index contributed by atoms with van der Waals surface area (Å²) in [5, 5.41) is 13.3. The number of unbranched alkanes of at least 4 members (excludes halogenated alkanes) is 1. The Morgan fingerprint density at radius 2 is 1.63 bits per heavy atom. The van der Waals surface area contributed by atoms with Crippen molar-refractivity contribution in [3.63, 3.8) is 0 Å². The molecule has 0 aliphatic carbocycles. The third-order valence-electron chi connectivity index (χ3n) is 6.24. The molecule has 0 fully saturated rings. The number of nitrogens with zero attached hydrogens (tertiary/aromatic N) is 1. The SMILES string of the molecule is CC(C)c1ccc(C(=O)NCCCCc2cn(-c3ccc(F)cc3)c3ccc(C(=O)O)cc23)cc1. The second-order valence-electron chi connectivity index (χ2n) is 9.03. The Labute approximate surface area is 204 Å². The molecule has 4 aromatic rings. The van der Waals surface area contributed by atoms with Crippen molar-refractivity contribution >= 4 is 22.8 Å². The summed E-state index contributed by atoms with van der Waals surface area (Å²) in [6, 6.07) is 19.0. The van der Waals surface area contributed by atoms with Gasteiger partial charge in [-0.15, -0.1) is 0 Å². The number of aryl methyl sites for hydroxylation is 1. The lowest BCUT2D eigenvalue weighted by atomic mass is 10.0. The van der Waals surface area contributed by atoms with E-state index in [1.54, 1.807) is 30.3 Å². The minimum absolute atomic E-state index is 0.0840. The average molecular weight is 473 g/mol. The molecule has 0 unspecified atom stereocenters. The van der Waals surface area contributed by atoms with Gasteiger partial charge in [-0.05, 0) is 90.9 Å². The smallest absolute Gasteiger partial charge is 0.335 e. The van der Waals surface area contributed by atoms with Crippen molar-refractivity contribution in [3.05, 3.63) is 101 Å². The molecule has 0 radical (unpaired) electrons. The molecule has 0 atom stereocenters. The average Bonchev–Trinajstić information content (AvgIpc) is 3.22. The zero-order valence-electron chi connectivity index (χ0n) is 19.9. The van der Waals surface area contributed by atoms with Crippen LogP contribution < -0.4 is 5.32 Å². The summed E-state index contributed by atoms with van der Waals surface area (Å²) < 4.78 is 15.4. The maximum atomic E-state index is 13.4. The molecule has 35 heavy (non-hydrogen) atoms. The minimum atomic E-state index is -0.975. The highest BCUT2D eigenvalue weighted by atomic mass is 19.1. The van der Waals surface area contributed by atoms with Crippen LogP contribution in [0.2, 0.25) is 0 Å². The van der Waals surface area contributed by atoms with Crippen LogP contribution in [-0.2, 0) is 6.42 Å². The molecule has 5 nitrogen and oxygen atoms in total. The van der Waals surface area contributed by atoms with E-state index in [-0.39, 0.29) is 17.3 Å². The van der Waals surface area contributed by atoms with E-state index in [1.165, 1.54) is 17.7 Å². The lowest BCUT2D eigenvalue weighted by Gasteiger charge is -2.08. The van der Waals surface area contributed by atoms with Gasteiger partial charge in [0.05, 0.1) is 11.1 Å². The normalized spacial score (nSPS) is 11.2. The highest BCUT2D eigenvalue weighted by Crippen LogP contribution is 2.27. The van der Waals surface area contributed by atoms with Gasteiger partial charge in [-0.3, -0.25) is 4.79 Å². The fourth-order valence-electron chi connectivity index (χ4n) is 4.21. The molecule has 0 saturated heterocycles. The van der Waals surface area contributed by atoms with E-state index in [2.05, 4.69) is 19.2 Å². The van der Waals surface area contributed by atoms with E-state index in [1.807, 2.05) is 35.0 Å². The molecule has 2 N–H and O–H groups in total. The van der Waals surface area contributed by atoms with E-state index in [0.717, 1.165) is 41.4 Å². The van der Waals surface area contributed by atoms with Gasteiger partial charge < -0.3 is 15.0 Å². The predicted molar refractivity (Wildman–Crippen MR) is 136 cm³/mol. The van der Waals surface area contributed by atoms with Crippen LogP contribution in [0.15, 0.2) is 72.9 Å². The van der Waals surface area contributed by atoms with Crippen molar-refractivity contribution < 1.29 is 19.1 Å². The Morgan fingerprint density at radius 1 is 0.943 bits per heavy atom. The summed E-state index contributed by atoms with van der Waals surface area (Å²) in [7, 11) is 0. The van der Waals surface area contributed by atoms with Crippen molar-refractivity contribution in [1.82, 2.24) is 9.88 Å². The first-order valence-electron chi connectivity index (χ1n) is 11.8. The lowest BCUT2D eigenvalue weighted by molar-refractivity contribution is 0.0696. The Hall–Kier alpha value is -3.93. The van der Waals surface area contributed by atoms with Gasteiger partial charge in [0.1, 0.15) is 5.82 Å². The number of halogens is 1. The van der Waals surface area contributed by atoms with Crippen LogP contribution in [0, 0.1) is 5.82 Å². The van der Waals surface area contributed by atoms with E-state index < -0.39 is 5.97 Å². The molecule has 0 spiro atoms. The van der Waals surface area contributed by atoms with E-state index in [9.17, 15) is 19.1 Å². The summed E-state index contributed by atoms with van der Waals surface area (Å²) in [6.45, 7) is 4.80. The highest BCUT2D eigenvalue weighted by Gasteiger charge is 2.13. The predicted octanol–water partition coefficient (Wildman–Crippen LogP) is 6.34. The number of carbonyl (C=O) groups excluding carboxylic acids is 1. The molecule has 3 aromatic carbocycles. The molecule has 1 aromatic heterocycles. The van der Waals surface area contributed by atoms with Crippen molar-refractivity contribution in [3.8, 4) is 5.69 Å². The van der Waals surface area contributed by atoms with Crippen LogP contribution in [-0.4, -0.2) is 28.1 Å². The molecule has 180 valence electrons. The van der Waals surface area contributed by atoms with E-state index >= 15 is 0 Å². The number of aromatic carboxylic acids is 1. The van der Waals surface area contributed by atoms with Crippen molar-refractivity contribution in [1.29, 1.82) is 0 Å². The number of fused-ring (bicyclic) bond motifs is 1. The van der Waals surface area contributed by atoms with Gasteiger partial charge in [0.15, 0.2) is 0 Å². The molecule has 0 aliphatic rings. The molecular weight excluding hydrogens is 443 g/mol. The second kappa shape index (κ2) is 10.6. The van der Waals surface area contributed by atoms with Gasteiger partial charge >= 0.3 is 5.97 Å². The fourth-order valence-corrected chi connectivity index (χ4v) is 4.21. The van der Waals surface area contributed by atoms with E-state index in [0.29, 0.717) is 18.0 Å². The monoisotopic (exact) mass is 472 g/mol. The first-order valence-corrected chi connectivity index (χ1v) is 11.8. The summed E-state index contributed by atoms with van der Waals surface area (Å²) >= 11 is 0. The van der Waals surface area contributed by atoms with Crippen LogP contribution in [0.5, 0.6) is 0 Å². The summed E-state index contributed by atoms with van der Waals surface area (Å²) in [4.78, 5) is 23.9. The third-order valence-corrected chi connectivity index (χ3v) is 6.24. The molecule has 0 bridgehead atoms. The Kier molecular flexibility index (Phi) is 7.30. The maximum Gasteiger partial charge on any atom is 0.335 e. The van der Waals surface area contributed by atoms with Gasteiger partial charge in [-0.1, -0.05) is 26.0 Å². The lowest BCUT2D eigenvalue weighted by Crippen LogP contribution is -2.24. The van der Waals surface area contributed by atoms with Gasteiger partial charge in [-0.25, -0.2) is 9.18 Å². The van der Waals surface area contributed by atoms with Crippen LogP contribution in [0.4, 0.5) is 4.39 Å². The van der Waals surface area contributed by atoms with Crippen molar-refractivity contribution in [2.24, 2.45) is 0 Å². The van der Waals surface area contributed by atoms with Crippen LogP contribution in [0.1, 0.15) is 64.4 Å². The summed E-state index contributed by atoms with van der Waals surface area (Å²) in [5.74, 6) is -0.944. The Bertz CT molecular complexity index is 1340. The standard InChI is InChI=1S/C29H29FN2O3/c1-19(2)20-6-8-21(9-7-20)28(33)31-16-4-3-5-23-18-32(25-13-11-24(30)12-14-25)27-15-10-22(29(34)35)17-26(23)27/h6-15,17-19H,3-5,16H2,1-2H3,(H,31,33)(H,34,35). The summed E-state index contributed by atoms with van der Waals surface area (Å²) in [5.41, 5.74) is 4.77. The van der Waals surface area contributed by atoms with Gasteiger partial charge in [0.25, 0.3) is 5.91 Å². The Balaban J connectivity index is 1.42. The maximum absolute atomic E-state index is 13.4. The number of hydrogen-bond acceptors (Lipinski definition) is 2. The zero-order chi connectivity index (χ0) is 24.9. The number of carboxylic acid groups (broad SMARTS) is 1. The fraction of sp³-hybridized carbons (Fsp3) is 0.241. The summed E-state index contributed by atoms with van der Waals surface area (Å²) in [6.07, 6.45) is 4.33. The number of nitrogens with one attached hydrogen (secondary N) is 1. The second-order valence-corrected chi connectivity index (χ2v) is 9.03. The number of carboxylic acids is 1. The number of benzene rings is 3. The van der Waals surface area contributed by atoms with Crippen molar-refractivity contribution in [2.45, 2.75) is 39.0 Å². The third kappa shape index (κ3) is 5.60. The van der Waals surface area contributed by atoms with Gasteiger partial charge in [0.2, 0.25) is 0 Å². The molecule has 1 heterocycles. The first kappa shape index (κ1) is 24.2. The minimum Gasteiger partial charge on any atom is -0.478 e. The molecule has 0 saturated carbocycles. The van der Waals surface area contributed by atoms with Gasteiger partial charge in [-0.2, -0.15) is 0 Å². The number of rotatable bonds is 9. The largest absolute Gasteiger partial charge is 0.478 e. The molecule has 6 heteroatoms. The molecule has 4 rings (SSSR count). The first-order chi connectivity index (χ1) is 16.8. The van der Waals surface area contributed by atoms with Crippen LogP contribution >= 0.6 is 0 Å². The molecule has 0 aliphatic heterocycles. The Morgan fingerprint density at radius 3 is 2.29 bits per heavy atom. The highest BCUT2D eigenvalue weighted by molar-refractivity contribution is 5.95. The molecule has 1 amide bonds. The van der Waals surface area contributed by atoms with Crippen LogP contribution in [0.25, 0.3) is 16.6 Å². The number of aromatic nitrogens is 1. The van der Waals surface area contributed by atoms with Crippen molar-refractivity contribution in [2.75, 3.05) is 6.54 Å². The zero-order valence-corrected chi connectivity index (χ0v) is 19.9. The number of amides is 1. The topological polar surface area (TPSA) is 71.3 Å². The number of hydrogen-bond donors (Lipinski definition) is 2. The van der Waals surface area contributed by atoms with E-state index in [4.69, 9.17) is 0 Å². The van der Waals surface area contributed by atoms with Crippen LogP contribution in [0.3, 0.4) is 0 Å². The number of carbonyl (C=O) groups is 2. The molecular formula is C29H29FN2O3. The quantitative estimate of drug-likeness (QED) is 0.279.